The van der Waals surface area contributed by atoms with Crippen molar-refractivity contribution in [2.75, 3.05) is 31.6 Å². The van der Waals surface area contributed by atoms with Gasteiger partial charge in [0.1, 0.15) is 5.70 Å². The predicted molar refractivity (Wildman–Crippen MR) is 126 cm³/mol. The molecule has 0 unspecified atom stereocenters. The summed E-state index contributed by atoms with van der Waals surface area (Å²) in [5, 5.41) is 2.74. The van der Waals surface area contributed by atoms with Crippen molar-refractivity contribution in [1.29, 1.82) is 0 Å². The van der Waals surface area contributed by atoms with Crippen LogP contribution in [0.1, 0.15) is 37.0 Å². The maximum Gasteiger partial charge on any atom is 0.277 e. The topological polar surface area (TPSA) is 79.0 Å². The molecule has 0 atom stereocenters. The number of carbonyl (C=O) groups is 3. The Hall–Kier alpha value is -3.45. The third-order valence-corrected chi connectivity index (χ3v) is 5.96. The Kier molecular flexibility index (Phi) is 6.89. The van der Waals surface area contributed by atoms with Crippen LogP contribution in [0.4, 0.5) is 5.69 Å². The van der Waals surface area contributed by atoms with Crippen molar-refractivity contribution in [2.45, 2.75) is 33.2 Å². The van der Waals surface area contributed by atoms with Gasteiger partial charge in [0.15, 0.2) is 0 Å². The van der Waals surface area contributed by atoms with Gasteiger partial charge in [0, 0.05) is 45.5 Å². The van der Waals surface area contributed by atoms with Crippen LogP contribution in [0.3, 0.4) is 0 Å². The Labute approximate surface area is 194 Å². The first kappa shape index (κ1) is 22.7. The zero-order valence-electron chi connectivity index (χ0n) is 19.1. The molecule has 0 aliphatic carbocycles. The number of carbonyl (C=O) groups excluding carboxylic acids is 3. The predicted octanol–water partition coefficient (Wildman–Crippen LogP) is 3.21. The summed E-state index contributed by atoms with van der Waals surface area (Å²) in [6.45, 7) is 6.05. The number of benzene rings is 2. The van der Waals surface area contributed by atoms with Crippen LogP contribution >= 0.6 is 0 Å². The van der Waals surface area contributed by atoms with Crippen molar-refractivity contribution >= 4 is 29.0 Å². The van der Waals surface area contributed by atoms with Crippen molar-refractivity contribution in [2.24, 2.45) is 0 Å². The third kappa shape index (κ3) is 4.83. The van der Waals surface area contributed by atoms with Crippen molar-refractivity contribution in [3.63, 3.8) is 0 Å². The van der Waals surface area contributed by atoms with Crippen LogP contribution in [0.2, 0.25) is 0 Å². The minimum atomic E-state index is -0.280. The average Bonchev–Trinajstić information content (AvgIpc) is 3.06. The number of imide groups is 1. The molecule has 7 heteroatoms. The highest BCUT2D eigenvalue weighted by Gasteiger charge is 2.41. The number of hydrogen-bond acceptors (Lipinski definition) is 5. The van der Waals surface area contributed by atoms with Crippen molar-refractivity contribution in [3.05, 3.63) is 70.9 Å². The van der Waals surface area contributed by atoms with E-state index in [1.54, 1.807) is 24.3 Å². The van der Waals surface area contributed by atoms with Gasteiger partial charge in [0.05, 0.1) is 5.57 Å². The molecule has 0 bridgehead atoms. The Balaban J connectivity index is 1.67. The minimum Gasteiger partial charge on any atom is -0.382 e. The van der Waals surface area contributed by atoms with Gasteiger partial charge in [0.25, 0.3) is 11.8 Å². The van der Waals surface area contributed by atoms with Crippen molar-refractivity contribution < 1.29 is 19.1 Å². The second-order valence-corrected chi connectivity index (χ2v) is 8.23. The van der Waals surface area contributed by atoms with E-state index >= 15 is 0 Å². The van der Waals surface area contributed by atoms with E-state index in [1.807, 2.05) is 24.0 Å². The van der Waals surface area contributed by atoms with Gasteiger partial charge in [-0.3, -0.25) is 19.3 Å². The highest BCUT2D eigenvalue weighted by Crippen LogP contribution is 2.34. The zero-order valence-corrected chi connectivity index (χ0v) is 19.1. The molecular formula is C26H29N3O4. The zero-order chi connectivity index (χ0) is 23.4. The number of hydrogen-bond donors (Lipinski definition) is 1. The van der Waals surface area contributed by atoms with Gasteiger partial charge in [-0.05, 0) is 48.6 Å². The summed E-state index contributed by atoms with van der Waals surface area (Å²) in [5.41, 5.74) is 4.64. The van der Waals surface area contributed by atoms with Crippen LogP contribution in [0.15, 0.2) is 54.2 Å². The average molecular weight is 448 g/mol. The standard InChI is InChI=1S/C26H29N3O4/c1-3-33-16-6-14-29-25(31)23(20-9-11-22(12-10-20)27-18(2)30)24(26(29)32)28-15-13-19-7-4-5-8-21(19)17-28/h4-5,7-12H,3,6,13-17H2,1-2H3,(H,27,30). The minimum absolute atomic E-state index is 0.165. The third-order valence-electron chi connectivity index (χ3n) is 5.96. The monoisotopic (exact) mass is 447 g/mol. The summed E-state index contributed by atoms with van der Waals surface area (Å²) in [6, 6.07) is 15.3. The number of anilines is 1. The maximum absolute atomic E-state index is 13.5. The number of rotatable bonds is 8. The van der Waals surface area contributed by atoms with Crippen LogP contribution in [0.25, 0.3) is 5.57 Å². The molecule has 2 aromatic carbocycles. The van der Waals surface area contributed by atoms with E-state index < -0.39 is 0 Å². The Morgan fingerprint density at radius 3 is 2.45 bits per heavy atom. The second kappa shape index (κ2) is 10.0. The molecule has 7 nitrogen and oxygen atoms in total. The fourth-order valence-electron chi connectivity index (χ4n) is 4.40. The van der Waals surface area contributed by atoms with Crippen LogP contribution in [0, 0.1) is 0 Å². The van der Waals surface area contributed by atoms with Gasteiger partial charge in [-0.25, -0.2) is 0 Å². The lowest BCUT2D eigenvalue weighted by molar-refractivity contribution is -0.137. The molecule has 0 saturated carbocycles. The normalized spacial score (nSPS) is 15.8. The van der Waals surface area contributed by atoms with Gasteiger partial charge < -0.3 is 15.0 Å². The van der Waals surface area contributed by atoms with E-state index in [2.05, 4.69) is 17.4 Å². The van der Waals surface area contributed by atoms with E-state index in [1.165, 1.54) is 23.0 Å². The van der Waals surface area contributed by atoms with Crippen molar-refractivity contribution in [3.8, 4) is 0 Å². The summed E-state index contributed by atoms with van der Waals surface area (Å²) in [6.07, 6.45) is 1.41. The van der Waals surface area contributed by atoms with Gasteiger partial charge in [-0.1, -0.05) is 36.4 Å². The van der Waals surface area contributed by atoms with Gasteiger partial charge in [-0.15, -0.1) is 0 Å². The van der Waals surface area contributed by atoms with Crippen LogP contribution in [-0.4, -0.2) is 53.8 Å². The van der Waals surface area contributed by atoms with E-state index in [0.29, 0.717) is 61.8 Å². The van der Waals surface area contributed by atoms with Gasteiger partial charge in [0.2, 0.25) is 5.91 Å². The smallest absolute Gasteiger partial charge is 0.277 e. The van der Waals surface area contributed by atoms with E-state index in [4.69, 9.17) is 4.74 Å². The first-order valence-electron chi connectivity index (χ1n) is 11.4. The summed E-state index contributed by atoms with van der Waals surface area (Å²) >= 11 is 0. The van der Waals surface area contributed by atoms with E-state index in [0.717, 1.165) is 6.42 Å². The van der Waals surface area contributed by atoms with Crippen LogP contribution < -0.4 is 5.32 Å². The fourth-order valence-corrected chi connectivity index (χ4v) is 4.40. The summed E-state index contributed by atoms with van der Waals surface area (Å²) in [7, 11) is 0. The Morgan fingerprint density at radius 2 is 1.76 bits per heavy atom. The second-order valence-electron chi connectivity index (χ2n) is 8.23. The van der Waals surface area contributed by atoms with Gasteiger partial charge in [-0.2, -0.15) is 0 Å². The molecule has 2 aliphatic heterocycles. The quantitative estimate of drug-likeness (QED) is 0.497. The van der Waals surface area contributed by atoms with E-state index in [9.17, 15) is 14.4 Å². The number of nitrogens with one attached hydrogen (secondary N) is 1. The molecule has 4 rings (SSSR count). The highest BCUT2D eigenvalue weighted by atomic mass is 16.5. The summed E-state index contributed by atoms with van der Waals surface area (Å²) < 4.78 is 5.39. The molecule has 172 valence electrons. The summed E-state index contributed by atoms with van der Waals surface area (Å²) in [5.74, 6) is -0.698. The molecule has 1 N–H and O–H groups in total. The van der Waals surface area contributed by atoms with Crippen molar-refractivity contribution in [1.82, 2.24) is 9.80 Å². The first-order valence-corrected chi connectivity index (χ1v) is 11.4. The maximum atomic E-state index is 13.5. The molecule has 2 heterocycles. The molecular weight excluding hydrogens is 418 g/mol. The number of ether oxygens (including phenoxy) is 1. The molecule has 0 saturated heterocycles. The number of nitrogens with zero attached hydrogens (tertiary/aromatic N) is 2. The molecule has 0 aromatic heterocycles. The first-order chi connectivity index (χ1) is 16.0. The molecule has 0 radical (unpaired) electrons. The lowest BCUT2D eigenvalue weighted by Gasteiger charge is -2.31. The van der Waals surface area contributed by atoms with E-state index in [-0.39, 0.29) is 17.7 Å². The van der Waals surface area contributed by atoms with Crippen LogP contribution in [-0.2, 0) is 32.1 Å². The van der Waals surface area contributed by atoms with Gasteiger partial charge >= 0.3 is 0 Å². The Bertz CT molecular complexity index is 1090. The fraction of sp³-hybridized carbons (Fsp3) is 0.346. The molecule has 33 heavy (non-hydrogen) atoms. The summed E-state index contributed by atoms with van der Waals surface area (Å²) in [4.78, 5) is 41.7. The molecule has 0 spiro atoms. The van der Waals surface area contributed by atoms with Crippen LogP contribution in [0.5, 0.6) is 0 Å². The molecule has 0 fully saturated rings. The number of amides is 3. The lowest BCUT2D eigenvalue weighted by Crippen LogP contribution is -2.38. The number of fused-ring (bicyclic) bond motifs is 1. The molecule has 2 aromatic rings. The highest BCUT2D eigenvalue weighted by molar-refractivity contribution is 6.35. The largest absolute Gasteiger partial charge is 0.382 e. The molecule has 2 aliphatic rings. The lowest BCUT2D eigenvalue weighted by atomic mass is 9.97. The Morgan fingerprint density at radius 1 is 1.03 bits per heavy atom. The SMILES string of the molecule is CCOCCCN1C(=O)C(c2ccc(NC(C)=O)cc2)=C(N2CCc3ccccc3C2)C1=O. The molecule has 3 amide bonds.